The molecule has 0 aliphatic carbocycles. The van der Waals surface area contributed by atoms with Crippen LogP contribution in [0.4, 0.5) is 16.2 Å². The van der Waals surface area contributed by atoms with E-state index in [0.29, 0.717) is 22.8 Å². The molecule has 3 rings (SSSR count). The van der Waals surface area contributed by atoms with Gasteiger partial charge in [0.2, 0.25) is 0 Å². The molecule has 2 aromatic carbocycles. The monoisotopic (exact) mass is 365 g/mol. The first-order chi connectivity index (χ1) is 12.7. The molecular formula is C20H19N3O2S. The zero-order valence-corrected chi connectivity index (χ0v) is 14.9. The van der Waals surface area contributed by atoms with Gasteiger partial charge >= 0.3 is 6.03 Å². The van der Waals surface area contributed by atoms with E-state index in [1.54, 1.807) is 30.3 Å². The second-order valence-corrected chi connectivity index (χ2v) is 6.58. The Balaban J connectivity index is 1.50. The molecule has 3 aromatic rings. The SMILES string of the molecule is O=C(NCCc1ccccc1)Nc1cccc(NC(=O)c2cccs2)c1. The van der Waals surface area contributed by atoms with Gasteiger partial charge in [-0.25, -0.2) is 4.79 Å². The lowest BCUT2D eigenvalue weighted by Gasteiger charge is -2.10. The van der Waals surface area contributed by atoms with Crippen molar-refractivity contribution in [2.45, 2.75) is 6.42 Å². The van der Waals surface area contributed by atoms with Gasteiger partial charge in [0.05, 0.1) is 4.88 Å². The molecule has 6 heteroatoms. The van der Waals surface area contributed by atoms with Gasteiger partial charge in [0.1, 0.15) is 0 Å². The smallest absolute Gasteiger partial charge is 0.319 e. The lowest BCUT2D eigenvalue weighted by atomic mass is 10.1. The number of carbonyl (C=O) groups is 2. The maximum absolute atomic E-state index is 12.1. The lowest BCUT2D eigenvalue weighted by molar-refractivity contribution is 0.103. The Bertz CT molecular complexity index is 864. The van der Waals surface area contributed by atoms with E-state index in [2.05, 4.69) is 16.0 Å². The van der Waals surface area contributed by atoms with Crippen molar-refractivity contribution in [2.24, 2.45) is 0 Å². The summed E-state index contributed by atoms with van der Waals surface area (Å²) in [5, 5.41) is 10.3. The van der Waals surface area contributed by atoms with E-state index in [1.165, 1.54) is 16.9 Å². The Hall–Kier alpha value is -3.12. The van der Waals surface area contributed by atoms with Crippen molar-refractivity contribution in [2.75, 3.05) is 17.2 Å². The molecule has 0 fully saturated rings. The lowest BCUT2D eigenvalue weighted by Crippen LogP contribution is -2.30. The second kappa shape index (κ2) is 8.82. The third-order valence-electron chi connectivity index (χ3n) is 3.67. The van der Waals surface area contributed by atoms with E-state index in [0.717, 1.165) is 6.42 Å². The molecule has 0 aliphatic rings. The zero-order valence-electron chi connectivity index (χ0n) is 14.1. The molecule has 132 valence electrons. The molecule has 0 bridgehead atoms. The van der Waals surface area contributed by atoms with Crippen LogP contribution in [-0.2, 0) is 6.42 Å². The van der Waals surface area contributed by atoms with E-state index in [-0.39, 0.29) is 11.9 Å². The van der Waals surface area contributed by atoms with Gasteiger partial charge in [-0.2, -0.15) is 0 Å². The van der Waals surface area contributed by atoms with Gasteiger partial charge in [0.15, 0.2) is 0 Å². The van der Waals surface area contributed by atoms with Gasteiger partial charge in [-0.3, -0.25) is 4.79 Å². The number of thiophene rings is 1. The highest BCUT2D eigenvalue weighted by Gasteiger charge is 2.08. The van der Waals surface area contributed by atoms with Crippen molar-refractivity contribution in [3.63, 3.8) is 0 Å². The molecule has 0 spiro atoms. The Morgan fingerprint density at radius 3 is 2.35 bits per heavy atom. The first-order valence-electron chi connectivity index (χ1n) is 8.24. The van der Waals surface area contributed by atoms with E-state index < -0.39 is 0 Å². The molecular weight excluding hydrogens is 346 g/mol. The summed E-state index contributed by atoms with van der Waals surface area (Å²) in [5.41, 5.74) is 2.42. The fourth-order valence-electron chi connectivity index (χ4n) is 2.42. The first kappa shape index (κ1) is 17.7. The molecule has 0 radical (unpaired) electrons. The third kappa shape index (κ3) is 5.19. The Kier molecular flexibility index (Phi) is 6.01. The Morgan fingerprint density at radius 1 is 0.846 bits per heavy atom. The third-order valence-corrected chi connectivity index (χ3v) is 4.53. The van der Waals surface area contributed by atoms with Gasteiger partial charge in [-0.15, -0.1) is 11.3 Å². The molecule has 3 amide bonds. The largest absolute Gasteiger partial charge is 0.338 e. The molecule has 26 heavy (non-hydrogen) atoms. The Morgan fingerprint density at radius 2 is 1.62 bits per heavy atom. The highest BCUT2D eigenvalue weighted by molar-refractivity contribution is 7.12. The van der Waals surface area contributed by atoms with E-state index in [4.69, 9.17) is 0 Å². The number of hydrogen-bond acceptors (Lipinski definition) is 3. The van der Waals surface area contributed by atoms with E-state index in [1.807, 2.05) is 41.8 Å². The predicted octanol–water partition coefficient (Wildman–Crippen LogP) is 4.36. The highest BCUT2D eigenvalue weighted by atomic mass is 32.1. The van der Waals surface area contributed by atoms with Crippen molar-refractivity contribution in [1.82, 2.24) is 5.32 Å². The summed E-state index contributed by atoms with van der Waals surface area (Å²) in [5.74, 6) is -0.163. The summed E-state index contributed by atoms with van der Waals surface area (Å²) in [7, 11) is 0. The molecule has 0 saturated carbocycles. The summed E-state index contributed by atoms with van der Waals surface area (Å²) >= 11 is 1.38. The zero-order chi connectivity index (χ0) is 18.2. The van der Waals surface area contributed by atoms with Crippen LogP contribution in [0.25, 0.3) is 0 Å². The van der Waals surface area contributed by atoms with E-state index >= 15 is 0 Å². The quantitative estimate of drug-likeness (QED) is 0.607. The average molecular weight is 365 g/mol. The number of carbonyl (C=O) groups excluding carboxylic acids is 2. The van der Waals surface area contributed by atoms with Crippen LogP contribution in [-0.4, -0.2) is 18.5 Å². The highest BCUT2D eigenvalue weighted by Crippen LogP contribution is 2.17. The van der Waals surface area contributed by atoms with Crippen LogP contribution >= 0.6 is 11.3 Å². The number of amides is 3. The van der Waals surface area contributed by atoms with Crippen molar-refractivity contribution in [3.8, 4) is 0 Å². The van der Waals surface area contributed by atoms with Crippen LogP contribution in [0.15, 0.2) is 72.1 Å². The minimum Gasteiger partial charge on any atom is -0.338 e. The topological polar surface area (TPSA) is 70.2 Å². The molecule has 1 heterocycles. The second-order valence-electron chi connectivity index (χ2n) is 5.63. The summed E-state index contributed by atoms with van der Waals surface area (Å²) < 4.78 is 0. The molecule has 0 atom stereocenters. The fourth-order valence-corrected chi connectivity index (χ4v) is 3.03. The molecule has 0 unspecified atom stereocenters. The standard InChI is InChI=1S/C20H19N3O2S/c24-19(18-10-5-13-26-18)22-16-8-4-9-17(14-16)23-20(25)21-12-11-15-6-2-1-3-7-15/h1-10,13-14H,11-12H2,(H,22,24)(H2,21,23,25). The maximum atomic E-state index is 12.1. The molecule has 0 saturated heterocycles. The molecule has 1 aromatic heterocycles. The van der Waals surface area contributed by atoms with Crippen molar-refractivity contribution < 1.29 is 9.59 Å². The number of hydrogen-bond donors (Lipinski definition) is 3. The van der Waals surface area contributed by atoms with Crippen LogP contribution in [0.1, 0.15) is 15.2 Å². The maximum Gasteiger partial charge on any atom is 0.319 e. The van der Waals surface area contributed by atoms with Gasteiger partial charge in [0.25, 0.3) is 5.91 Å². The average Bonchev–Trinajstić information content (AvgIpc) is 3.18. The van der Waals surface area contributed by atoms with Crippen molar-refractivity contribution in [3.05, 3.63) is 82.6 Å². The van der Waals surface area contributed by atoms with Crippen LogP contribution in [0.2, 0.25) is 0 Å². The van der Waals surface area contributed by atoms with Crippen LogP contribution < -0.4 is 16.0 Å². The van der Waals surface area contributed by atoms with E-state index in [9.17, 15) is 9.59 Å². The van der Waals surface area contributed by atoms with Crippen molar-refractivity contribution >= 4 is 34.6 Å². The normalized spacial score (nSPS) is 10.2. The van der Waals surface area contributed by atoms with Crippen molar-refractivity contribution in [1.29, 1.82) is 0 Å². The summed E-state index contributed by atoms with van der Waals surface area (Å²) in [6, 6.07) is 20.4. The molecule has 3 N–H and O–H groups in total. The van der Waals surface area contributed by atoms with Gasteiger partial charge < -0.3 is 16.0 Å². The summed E-state index contributed by atoms with van der Waals surface area (Å²) in [6.45, 7) is 0.546. The van der Waals surface area contributed by atoms with Crippen LogP contribution in [0.5, 0.6) is 0 Å². The minimum atomic E-state index is -0.275. The number of anilines is 2. The Labute approximate surface area is 156 Å². The number of benzene rings is 2. The predicted molar refractivity (Wildman–Crippen MR) is 106 cm³/mol. The minimum absolute atomic E-state index is 0.163. The molecule has 5 nitrogen and oxygen atoms in total. The fraction of sp³-hybridized carbons (Fsp3) is 0.100. The summed E-state index contributed by atoms with van der Waals surface area (Å²) in [4.78, 5) is 24.7. The number of nitrogens with one attached hydrogen (secondary N) is 3. The van der Waals surface area contributed by atoms with Gasteiger partial charge in [-0.1, -0.05) is 42.5 Å². The summed E-state index contributed by atoms with van der Waals surface area (Å²) in [6.07, 6.45) is 0.769. The van der Waals surface area contributed by atoms with Crippen LogP contribution in [0, 0.1) is 0 Å². The molecule has 0 aliphatic heterocycles. The van der Waals surface area contributed by atoms with Gasteiger partial charge in [0, 0.05) is 17.9 Å². The first-order valence-corrected chi connectivity index (χ1v) is 9.12. The van der Waals surface area contributed by atoms with Gasteiger partial charge in [-0.05, 0) is 41.6 Å². The van der Waals surface area contributed by atoms with Crippen LogP contribution in [0.3, 0.4) is 0 Å². The number of urea groups is 1. The number of rotatable bonds is 6.